The molecule has 0 aliphatic heterocycles. The highest BCUT2D eigenvalue weighted by atomic mass is 16.5. The summed E-state index contributed by atoms with van der Waals surface area (Å²) in [6, 6.07) is 0. The zero-order valence-electron chi connectivity index (χ0n) is 30.6. The highest BCUT2D eigenvalue weighted by Gasteiger charge is 2.14. The highest BCUT2D eigenvalue weighted by molar-refractivity contribution is 5.69. The summed E-state index contributed by atoms with van der Waals surface area (Å²) in [5.41, 5.74) is 0. The molecule has 0 aromatic carbocycles. The number of aliphatic carboxylic acids is 1. The third kappa shape index (κ3) is 36.6. The summed E-state index contributed by atoms with van der Waals surface area (Å²) < 4.78 is 6.01. The summed E-state index contributed by atoms with van der Waals surface area (Å²) in [5, 5.41) is 8.75. The van der Waals surface area contributed by atoms with Crippen LogP contribution in [0.5, 0.6) is 0 Å². The molecule has 4 heteroatoms. The molecule has 0 heterocycles. The smallest absolute Gasteiger partial charge is 0.306 e. The van der Waals surface area contributed by atoms with Crippen LogP contribution in [0.3, 0.4) is 0 Å². The van der Waals surface area contributed by atoms with Crippen LogP contribution in [0, 0.1) is 0 Å². The van der Waals surface area contributed by atoms with Crippen molar-refractivity contribution in [3.8, 4) is 0 Å². The van der Waals surface area contributed by atoms with E-state index in [1.807, 2.05) is 0 Å². The quantitative estimate of drug-likeness (QED) is 0.0419. The molecule has 0 aromatic rings. The van der Waals surface area contributed by atoms with Crippen molar-refractivity contribution in [2.24, 2.45) is 0 Å². The number of ether oxygens (including phenoxy) is 1. The van der Waals surface area contributed by atoms with Gasteiger partial charge in [0, 0.05) is 12.8 Å². The second-order valence-electron chi connectivity index (χ2n) is 13.4. The standard InChI is InChI=1S/C42H76O4/c1-3-5-7-9-11-12-13-14-15-16-17-18-19-20-21-22-27-31-35-39-42(45)46-40(36-32-28-24-10-8-6-4-2)37-33-29-25-23-26-30-34-38-41(43)44/h5,7,11-12,14-15,40H,3-4,6,8-10,13,16-39H2,1-2H3,(H,43,44)/b7-5-,12-11-,15-14-. The van der Waals surface area contributed by atoms with Gasteiger partial charge < -0.3 is 9.84 Å². The van der Waals surface area contributed by atoms with Crippen molar-refractivity contribution in [2.45, 2.75) is 219 Å². The molecule has 0 spiro atoms. The van der Waals surface area contributed by atoms with E-state index in [2.05, 4.69) is 50.3 Å². The number of rotatable bonds is 36. The minimum Gasteiger partial charge on any atom is -0.481 e. The summed E-state index contributed by atoms with van der Waals surface area (Å²) >= 11 is 0. The maximum Gasteiger partial charge on any atom is 0.306 e. The minimum atomic E-state index is -0.687. The lowest BCUT2D eigenvalue weighted by molar-refractivity contribution is -0.150. The van der Waals surface area contributed by atoms with Gasteiger partial charge in [-0.05, 0) is 70.6 Å². The second kappa shape index (κ2) is 37.6. The SMILES string of the molecule is CC/C=C\C/C=C\C/C=C\CCCCCCCCCCCC(=O)OC(CCCCCCCCC)CCCCCCCCCC(=O)O. The van der Waals surface area contributed by atoms with Crippen LogP contribution in [0.15, 0.2) is 36.5 Å². The number of unbranched alkanes of at least 4 members (excludes halogenated alkanes) is 21. The van der Waals surface area contributed by atoms with Crippen LogP contribution in [0.25, 0.3) is 0 Å². The van der Waals surface area contributed by atoms with Crippen molar-refractivity contribution in [1.82, 2.24) is 0 Å². The van der Waals surface area contributed by atoms with Gasteiger partial charge in [0.05, 0.1) is 0 Å². The molecule has 46 heavy (non-hydrogen) atoms. The van der Waals surface area contributed by atoms with Gasteiger partial charge in [-0.1, -0.05) is 166 Å². The Balaban J connectivity index is 3.92. The Morgan fingerprint density at radius 1 is 0.500 bits per heavy atom. The number of carboxylic acids is 1. The van der Waals surface area contributed by atoms with Gasteiger partial charge in [-0.25, -0.2) is 0 Å². The van der Waals surface area contributed by atoms with E-state index in [1.54, 1.807) is 0 Å². The van der Waals surface area contributed by atoms with E-state index in [1.165, 1.54) is 116 Å². The number of carbonyl (C=O) groups is 2. The van der Waals surface area contributed by atoms with E-state index in [4.69, 9.17) is 9.84 Å². The first kappa shape index (κ1) is 44.2. The second-order valence-corrected chi connectivity index (χ2v) is 13.4. The third-order valence-corrected chi connectivity index (χ3v) is 8.88. The van der Waals surface area contributed by atoms with E-state index in [0.717, 1.165) is 70.6 Å². The van der Waals surface area contributed by atoms with Crippen molar-refractivity contribution in [3.05, 3.63) is 36.5 Å². The van der Waals surface area contributed by atoms with Crippen molar-refractivity contribution >= 4 is 11.9 Å². The molecule has 1 atom stereocenters. The molecule has 0 aliphatic rings. The topological polar surface area (TPSA) is 63.6 Å². The van der Waals surface area contributed by atoms with Crippen LogP contribution in [0.1, 0.15) is 213 Å². The van der Waals surface area contributed by atoms with Crippen molar-refractivity contribution in [3.63, 3.8) is 0 Å². The summed E-state index contributed by atoms with van der Waals surface area (Å²) in [5.74, 6) is -0.673. The number of hydrogen-bond acceptors (Lipinski definition) is 3. The van der Waals surface area contributed by atoms with Crippen LogP contribution in [0.4, 0.5) is 0 Å². The minimum absolute atomic E-state index is 0.0144. The van der Waals surface area contributed by atoms with Gasteiger partial charge in [0.1, 0.15) is 6.10 Å². The lowest BCUT2D eigenvalue weighted by Gasteiger charge is -2.18. The number of carboxylic acid groups (broad SMARTS) is 1. The largest absolute Gasteiger partial charge is 0.481 e. The predicted octanol–water partition coefficient (Wildman–Crippen LogP) is 13.8. The molecular weight excluding hydrogens is 568 g/mol. The van der Waals surface area contributed by atoms with Gasteiger partial charge in [-0.2, -0.15) is 0 Å². The maximum absolute atomic E-state index is 12.7. The number of allylic oxidation sites excluding steroid dienone is 6. The first-order valence-electron chi connectivity index (χ1n) is 20.0. The van der Waals surface area contributed by atoms with Crippen LogP contribution < -0.4 is 0 Å². The molecule has 0 rings (SSSR count). The van der Waals surface area contributed by atoms with E-state index in [9.17, 15) is 9.59 Å². The first-order valence-corrected chi connectivity index (χ1v) is 20.0. The Labute approximate surface area is 286 Å². The van der Waals surface area contributed by atoms with Crippen LogP contribution in [-0.2, 0) is 14.3 Å². The maximum atomic E-state index is 12.7. The molecule has 268 valence electrons. The number of esters is 1. The fourth-order valence-corrected chi connectivity index (χ4v) is 5.96. The number of hydrogen-bond donors (Lipinski definition) is 1. The van der Waals surface area contributed by atoms with Crippen molar-refractivity contribution < 1.29 is 19.4 Å². The Morgan fingerprint density at radius 2 is 0.913 bits per heavy atom. The highest BCUT2D eigenvalue weighted by Crippen LogP contribution is 2.19. The molecule has 0 aliphatic carbocycles. The molecule has 0 amide bonds. The molecule has 0 bridgehead atoms. The molecule has 0 aromatic heterocycles. The molecule has 0 radical (unpaired) electrons. The zero-order valence-corrected chi connectivity index (χ0v) is 30.6. The van der Waals surface area contributed by atoms with Crippen LogP contribution in [-0.4, -0.2) is 23.1 Å². The van der Waals surface area contributed by atoms with Gasteiger partial charge in [0.2, 0.25) is 0 Å². The first-order chi connectivity index (χ1) is 22.6. The van der Waals surface area contributed by atoms with E-state index < -0.39 is 5.97 Å². The average Bonchev–Trinajstić information content (AvgIpc) is 3.04. The normalized spacial score (nSPS) is 12.6. The number of carbonyl (C=O) groups excluding carboxylic acids is 1. The Morgan fingerprint density at radius 3 is 1.41 bits per heavy atom. The summed E-state index contributed by atoms with van der Waals surface area (Å²) in [7, 11) is 0. The third-order valence-electron chi connectivity index (χ3n) is 8.88. The van der Waals surface area contributed by atoms with E-state index >= 15 is 0 Å². The molecular formula is C42H76O4. The van der Waals surface area contributed by atoms with Gasteiger partial charge >= 0.3 is 11.9 Å². The van der Waals surface area contributed by atoms with Gasteiger partial charge in [-0.3, -0.25) is 9.59 Å². The van der Waals surface area contributed by atoms with Gasteiger partial charge in [0.25, 0.3) is 0 Å². The fraction of sp³-hybridized carbons (Fsp3) is 0.810. The average molecular weight is 645 g/mol. The lowest BCUT2D eigenvalue weighted by atomic mass is 10.0. The summed E-state index contributed by atoms with van der Waals surface area (Å²) in [6.07, 6.45) is 48.9. The lowest BCUT2D eigenvalue weighted by Crippen LogP contribution is -2.18. The zero-order chi connectivity index (χ0) is 33.6. The summed E-state index contributed by atoms with van der Waals surface area (Å²) in [4.78, 5) is 23.3. The van der Waals surface area contributed by atoms with E-state index in [0.29, 0.717) is 12.8 Å². The van der Waals surface area contributed by atoms with E-state index in [-0.39, 0.29) is 12.1 Å². The van der Waals surface area contributed by atoms with Gasteiger partial charge in [-0.15, -0.1) is 0 Å². The molecule has 0 saturated heterocycles. The summed E-state index contributed by atoms with van der Waals surface area (Å²) in [6.45, 7) is 4.43. The molecule has 0 saturated carbocycles. The van der Waals surface area contributed by atoms with Gasteiger partial charge in [0.15, 0.2) is 0 Å². The fourth-order valence-electron chi connectivity index (χ4n) is 5.96. The monoisotopic (exact) mass is 645 g/mol. The molecule has 1 N–H and O–H groups in total. The van der Waals surface area contributed by atoms with Crippen molar-refractivity contribution in [1.29, 1.82) is 0 Å². The predicted molar refractivity (Wildman–Crippen MR) is 199 cm³/mol. The molecule has 0 fully saturated rings. The molecule has 4 nitrogen and oxygen atoms in total. The van der Waals surface area contributed by atoms with Crippen molar-refractivity contribution in [2.75, 3.05) is 0 Å². The molecule has 1 unspecified atom stereocenters. The Kier molecular flexibility index (Phi) is 36.1. The Bertz CT molecular complexity index is 738. The van der Waals surface area contributed by atoms with Crippen LogP contribution in [0.2, 0.25) is 0 Å². The van der Waals surface area contributed by atoms with Crippen LogP contribution >= 0.6 is 0 Å². The Hall–Kier alpha value is -1.84.